The molecule has 0 atom stereocenters. The highest BCUT2D eigenvalue weighted by molar-refractivity contribution is 6.07. The Morgan fingerprint density at radius 3 is 2.60 bits per heavy atom. The second-order valence-electron chi connectivity index (χ2n) is 7.95. The van der Waals surface area contributed by atoms with Gasteiger partial charge in [0.2, 0.25) is 0 Å². The maximum Gasteiger partial charge on any atom is 0.270 e. The maximum absolute atomic E-state index is 12.8. The summed E-state index contributed by atoms with van der Waals surface area (Å²) in [4.78, 5) is 21.8. The lowest BCUT2D eigenvalue weighted by Gasteiger charge is -2.23. The van der Waals surface area contributed by atoms with E-state index in [0.717, 1.165) is 46.5 Å². The average molecular weight is 406 g/mol. The third-order valence-electron chi connectivity index (χ3n) is 5.77. The van der Waals surface area contributed by atoms with E-state index in [1.54, 1.807) is 13.2 Å². The van der Waals surface area contributed by atoms with E-state index in [9.17, 15) is 4.79 Å². The first-order valence-corrected chi connectivity index (χ1v) is 10.6. The van der Waals surface area contributed by atoms with Crippen molar-refractivity contribution in [1.82, 2.24) is 20.6 Å². The third kappa shape index (κ3) is 5.32. The molecule has 3 rings (SSSR count). The molecule has 1 amide bonds. The summed E-state index contributed by atoms with van der Waals surface area (Å²) in [5.41, 5.74) is 6.09. The Morgan fingerprint density at radius 2 is 1.97 bits per heavy atom. The third-order valence-corrected chi connectivity index (χ3v) is 5.77. The normalized spacial score (nSPS) is 15.0. The standard InChI is InChI=1S/C24H31N5O/c1-16-17(2)28-23(24(30)29-21-7-5-4-6-8-21)12-19(16)11-18-9-10-22(27-14-18)20(13-25)15-26-3/h9-10,12-15,21,25-26H,4-8,11H2,1-3H3,(H,29,30)/b20-15+,25-13?. The highest BCUT2D eigenvalue weighted by Gasteiger charge is 2.19. The molecular weight excluding hydrogens is 374 g/mol. The molecule has 158 valence electrons. The van der Waals surface area contributed by atoms with Crippen LogP contribution in [0, 0.1) is 19.3 Å². The number of rotatable bonds is 7. The van der Waals surface area contributed by atoms with Crippen molar-refractivity contribution >= 4 is 17.7 Å². The summed E-state index contributed by atoms with van der Waals surface area (Å²) in [7, 11) is 1.80. The van der Waals surface area contributed by atoms with Gasteiger partial charge in [-0.1, -0.05) is 25.3 Å². The molecule has 1 aliphatic carbocycles. The van der Waals surface area contributed by atoms with Crippen molar-refractivity contribution in [2.75, 3.05) is 7.05 Å². The molecule has 1 saturated carbocycles. The van der Waals surface area contributed by atoms with Crippen LogP contribution in [0.1, 0.15) is 70.7 Å². The van der Waals surface area contributed by atoms with Crippen molar-refractivity contribution in [1.29, 1.82) is 5.41 Å². The zero-order chi connectivity index (χ0) is 21.5. The van der Waals surface area contributed by atoms with E-state index >= 15 is 0 Å². The summed E-state index contributed by atoms with van der Waals surface area (Å²) >= 11 is 0. The zero-order valence-electron chi connectivity index (χ0n) is 18.1. The van der Waals surface area contributed by atoms with Crippen molar-refractivity contribution in [2.24, 2.45) is 0 Å². The van der Waals surface area contributed by atoms with Crippen LogP contribution in [0.25, 0.3) is 5.57 Å². The minimum absolute atomic E-state index is 0.0763. The van der Waals surface area contributed by atoms with Gasteiger partial charge >= 0.3 is 0 Å². The number of nitrogens with one attached hydrogen (secondary N) is 3. The van der Waals surface area contributed by atoms with Crippen LogP contribution in [-0.2, 0) is 6.42 Å². The minimum atomic E-state index is -0.0763. The summed E-state index contributed by atoms with van der Waals surface area (Å²) in [5.74, 6) is -0.0763. The molecule has 6 heteroatoms. The Kier molecular flexibility index (Phi) is 7.33. The molecule has 2 aromatic rings. The van der Waals surface area contributed by atoms with Gasteiger partial charge in [-0.2, -0.15) is 0 Å². The lowest BCUT2D eigenvalue weighted by atomic mass is 9.95. The van der Waals surface area contributed by atoms with Gasteiger partial charge in [-0.3, -0.25) is 9.78 Å². The first kappa shape index (κ1) is 21.7. The fourth-order valence-corrected chi connectivity index (χ4v) is 3.87. The van der Waals surface area contributed by atoms with Gasteiger partial charge in [-0.15, -0.1) is 0 Å². The molecule has 0 aromatic carbocycles. The van der Waals surface area contributed by atoms with E-state index in [2.05, 4.69) is 20.6 Å². The smallest absolute Gasteiger partial charge is 0.270 e. The van der Waals surface area contributed by atoms with Gasteiger partial charge < -0.3 is 16.0 Å². The van der Waals surface area contributed by atoms with Crippen molar-refractivity contribution in [3.63, 3.8) is 0 Å². The molecule has 2 heterocycles. The highest BCUT2D eigenvalue weighted by atomic mass is 16.1. The molecule has 0 spiro atoms. The Balaban J connectivity index is 1.77. The van der Waals surface area contributed by atoms with Crippen LogP contribution in [0.4, 0.5) is 0 Å². The summed E-state index contributed by atoms with van der Waals surface area (Å²) in [5, 5.41) is 13.6. The molecule has 30 heavy (non-hydrogen) atoms. The SMILES string of the molecule is CN/C=C(\C=N)c1ccc(Cc2cc(C(=O)NC3CCCCC3)nc(C)c2C)cn1. The summed E-state index contributed by atoms with van der Waals surface area (Å²) in [6, 6.07) is 6.12. The fraction of sp³-hybridized carbons (Fsp3) is 0.417. The van der Waals surface area contributed by atoms with Crippen molar-refractivity contribution < 1.29 is 4.79 Å². The van der Waals surface area contributed by atoms with Gasteiger partial charge in [0.25, 0.3) is 5.91 Å². The van der Waals surface area contributed by atoms with E-state index in [1.807, 2.05) is 38.2 Å². The fourth-order valence-electron chi connectivity index (χ4n) is 3.87. The molecule has 2 aromatic heterocycles. The first-order valence-electron chi connectivity index (χ1n) is 10.6. The van der Waals surface area contributed by atoms with Crippen LogP contribution in [0.15, 0.2) is 30.6 Å². The maximum atomic E-state index is 12.8. The topological polar surface area (TPSA) is 90.8 Å². The zero-order valence-corrected chi connectivity index (χ0v) is 18.1. The number of pyridine rings is 2. The van der Waals surface area contributed by atoms with E-state index in [-0.39, 0.29) is 11.9 Å². The Bertz CT molecular complexity index is 927. The number of allylic oxidation sites excluding steroid dienone is 1. The Morgan fingerprint density at radius 1 is 1.20 bits per heavy atom. The molecular formula is C24H31N5O. The molecule has 3 N–H and O–H groups in total. The van der Waals surface area contributed by atoms with E-state index < -0.39 is 0 Å². The van der Waals surface area contributed by atoms with Gasteiger partial charge in [0, 0.05) is 43.0 Å². The van der Waals surface area contributed by atoms with Gasteiger partial charge in [0.1, 0.15) is 5.69 Å². The van der Waals surface area contributed by atoms with Crippen molar-refractivity contribution in [3.8, 4) is 0 Å². The lowest BCUT2D eigenvalue weighted by molar-refractivity contribution is 0.0922. The van der Waals surface area contributed by atoms with E-state index in [1.165, 1.54) is 25.5 Å². The number of aryl methyl sites for hydroxylation is 1. The van der Waals surface area contributed by atoms with Gasteiger partial charge in [-0.05, 0) is 61.9 Å². The van der Waals surface area contributed by atoms with Crippen molar-refractivity contribution in [2.45, 2.75) is 58.4 Å². The van der Waals surface area contributed by atoms with Crippen LogP contribution < -0.4 is 10.6 Å². The van der Waals surface area contributed by atoms with Crippen LogP contribution in [0.2, 0.25) is 0 Å². The largest absolute Gasteiger partial charge is 0.393 e. The number of carbonyl (C=O) groups is 1. The second-order valence-corrected chi connectivity index (χ2v) is 7.95. The number of hydrogen-bond acceptors (Lipinski definition) is 5. The summed E-state index contributed by atoms with van der Waals surface area (Å²) < 4.78 is 0. The average Bonchev–Trinajstić information content (AvgIpc) is 2.76. The monoisotopic (exact) mass is 405 g/mol. The second kappa shape index (κ2) is 10.1. The van der Waals surface area contributed by atoms with Gasteiger partial charge in [0.05, 0.1) is 5.69 Å². The predicted molar refractivity (Wildman–Crippen MR) is 121 cm³/mol. The molecule has 0 radical (unpaired) electrons. The molecule has 0 bridgehead atoms. The molecule has 0 unspecified atom stereocenters. The van der Waals surface area contributed by atoms with Gasteiger partial charge in [-0.25, -0.2) is 4.98 Å². The highest BCUT2D eigenvalue weighted by Crippen LogP contribution is 2.20. The molecule has 1 aliphatic rings. The van der Waals surface area contributed by atoms with Crippen LogP contribution >= 0.6 is 0 Å². The molecule has 0 aliphatic heterocycles. The van der Waals surface area contributed by atoms with Gasteiger partial charge in [0.15, 0.2) is 0 Å². The number of carbonyl (C=O) groups excluding carboxylic acids is 1. The Hall–Kier alpha value is -3.02. The minimum Gasteiger partial charge on any atom is -0.393 e. The quantitative estimate of drug-likeness (QED) is 0.608. The molecule has 0 saturated heterocycles. The Labute approximate surface area is 178 Å². The van der Waals surface area contributed by atoms with Crippen LogP contribution in [0.3, 0.4) is 0 Å². The number of hydrogen-bond donors (Lipinski definition) is 3. The van der Waals surface area contributed by atoms with E-state index in [0.29, 0.717) is 12.1 Å². The van der Waals surface area contributed by atoms with Crippen LogP contribution in [0.5, 0.6) is 0 Å². The summed E-state index contributed by atoms with van der Waals surface area (Å²) in [6.07, 6.45) is 11.3. The van der Waals surface area contributed by atoms with Crippen molar-refractivity contribution in [3.05, 3.63) is 64.4 Å². The predicted octanol–water partition coefficient (Wildman–Crippen LogP) is 3.96. The number of nitrogens with zero attached hydrogens (tertiary/aromatic N) is 2. The molecule has 1 fully saturated rings. The van der Waals surface area contributed by atoms with E-state index in [4.69, 9.17) is 5.41 Å². The molecule has 6 nitrogen and oxygen atoms in total. The summed E-state index contributed by atoms with van der Waals surface area (Å²) in [6.45, 7) is 4.00. The number of aromatic nitrogens is 2. The first-order chi connectivity index (χ1) is 14.5. The lowest BCUT2D eigenvalue weighted by Crippen LogP contribution is -2.36. The number of amides is 1. The van der Waals surface area contributed by atoms with Crippen LogP contribution in [-0.4, -0.2) is 35.2 Å².